The zero-order valence-corrected chi connectivity index (χ0v) is 13.5. The lowest BCUT2D eigenvalue weighted by Crippen LogP contribution is -2.30. The molecule has 2 aromatic rings. The van der Waals surface area contributed by atoms with Gasteiger partial charge in [-0.2, -0.15) is 0 Å². The zero-order chi connectivity index (χ0) is 17.0. The molecule has 4 nitrogen and oxygen atoms in total. The first-order valence-corrected chi connectivity index (χ1v) is 7.34. The van der Waals surface area contributed by atoms with Crippen LogP contribution in [0.5, 0.6) is 0 Å². The molecule has 0 fully saturated rings. The first-order chi connectivity index (χ1) is 10.8. The minimum absolute atomic E-state index is 0.132. The standard InChI is InChI=1S/C16H12Cl2FNO3/c1-9(15(21)20-14-4-2-3-13(19)8-14)23-16(22)10-5-11(17)7-12(18)6-10/h2-9H,1H3,(H,20,21). The molecule has 1 amide bonds. The number of rotatable bonds is 4. The second-order valence-electron chi connectivity index (χ2n) is 4.71. The maximum Gasteiger partial charge on any atom is 0.339 e. The Morgan fingerprint density at radius 1 is 1.13 bits per heavy atom. The molecule has 2 rings (SSSR count). The molecule has 0 spiro atoms. The Kier molecular flexibility index (Phi) is 5.58. The number of esters is 1. The van der Waals surface area contributed by atoms with Crippen LogP contribution in [0.15, 0.2) is 42.5 Å². The summed E-state index contributed by atoms with van der Waals surface area (Å²) in [5.41, 5.74) is 0.400. The Labute approximate surface area is 142 Å². The third-order valence-electron chi connectivity index (χ3n) is 2.84. The van der Waals surface area contributed by atoms with Gasteiger partial charge in [-0.05, 0) is 43.3 Å². The van der Waals surface area contributed by atoms with E-state index in [2.05, 4.69) is 5.32 Å². The fraction of sp³-hybridized carbons (Fsp3) is 0.125. The summed E-state index contributed by atoms with van der Waals surface area (Å²) in [5.74, 6) is -1.81. The molecule has 0 saturated heterocycles. The average Bonchev–Trinajstić information content (AvgIpc) is 2.46. The van der Waals surface area contributed by atoms with Gasteiger partial charge in [-0.3, -0.25) is 4.79 Å². The fourth-order valence-corrected chi connectivity index (χ4v) is 2.29. The van der Waals surface area contributed by atoms with Crippen molar-refractivity contribution in [1.29, 1.82) is 0 Å². The maximum atomic E-state index is 13.1. The number of carbonyl (C=O) groups is 2. The van der Waals surface area contributed by atoms with Gasteiger partial charge in [0.15, 0.2) is 6.10 Å². The Hall–Kier alpha value is -2.11. The highest BCUT2D eigenvalue weighted by molar-refractivity contribution is 6.35. The van der Waals surface area contributed by atoms with Crippen LogP contribution < -0.4 is 5.32 Å². The van der Waals surface area contributed by atoms with Gasteiger partial charge in [-0.15, -0.1) is 0 Å². The van der Waals surface area contributed by atoms with Crippen LogP contribution in [0.4, 0.5) is 10.1 Å². The number of amides is 1. The van der Waals surface area contributed by atoms with E-state index in [4.69, 9.17) is 27.9 Å². The van der Waals surface area contributed by atoms with Gasteiger partial charge in [-0.25, -0.2) is 9.18 Å². The van der Waals surface area contributed by atoms with Crippen LogP contribution in [0.3, 0.4) is 0 Å². The van der Waals surface area contributed by atoms with Gasteiger partial charge in [0.05, 0.1) is 5.56 Å². The number of hydrogen-bond acceptors (Lipinski definition) is 3. The lowest BCUT2D eigenvalue weighted by atomic mass is 10.2. The molecular formula is C16H12Cl2FNO3. The van der Waals surface area contributed by atoms with Crippen LogP contribution in [-0.2, 0) is 9.53 Å². The number of hydrogen-bond donors (Lipinski definition) is 1. The molecule has 0 aliphatic carbocycles. The van der Waals surface area contributed by atoms with Gasteiger partial charge in [0.2, 0.25) is 0 Å². The summed E-state index contributed by atoms with van der Waals surface area (Å²) >= 11 is 11.6. The van der Waals surface area contributed by atoms with Crippen molar-refractivity contribution in [3.63, 3.8) is 0 Å². The molecule has 0 radical (unpaired) electrons. The van der Waals surface area contributed by atoms with E-state index >= 15 is 0 Å². The second-order valence-corrected chi connectivity index (χ2v) is 5.58. The van der Waals surface area contributed by atoms with Crippen molar-refractivity contribution in [2.24, 2.45) is 0 Å². The van der Waals surface area contributed by atoms with E-state index in [1.807, 2.05) is 0 Å². The van der Waals surface area contributed by atoms with Crippen molar-refractivity contribution < 1.29 is 18.7 Å². The van der Waals surface area contributed by atoms with Crippen LogP contribution in [0.1, 0.15) is 17.3 Å². The predicted molar refractivity (Wildman–Crippen MR) is 86.4 cm³/mol. The molecular weight excluding hydrogens is 344 g/mol. The van der Waals surface area contributed by atoms with Gasteiger partial charge in [0.25, 0.3) is 5.91 Å². The topological polar surface area (TPSA) is 55.4 Å². The van der Waals surface area contributed by atoms with Crippen LogP contribution >= 0.6 is 23.2 Å². The van der Waals surface area contributed by atoms with E-state index in [0.29, 0.717) is 0 Å². The second kappa shape index (κ2) is 7.44. The average molecular weight is 356 g/mol. The van der Waals surface area contributed by atoms with E-state index < -0.39 is 23.8 Å². The van der Waals surface area contributed by atoms with Crippen LogP contribution in [0, 0.1) is 5.82 Å². The molecule has 7 heteroatoms. The molecule has 0 aliphatic rings. The Balaban J connectivity index is 2.01. The van der Waals surface area contributed by atoms with Crippen molar-refractivity contribution in [3.8, 4) is 0 Å². The summed E-state index contributed by atoms with van der Waals surface area (Å²) in [7, 11) is 0. The van der Waals surface area contributed by atoms with Crippen molar-refractivity contribution >= 4 is 40.8 Å². The molecule has 1 atom stereocenters. The van der Waals surface area contributed by atoms with Gasteiger partial charge in [-0.1, -0.05) is 29.3 Å². The highest BCUT2D eigenvalue weighted by Crippen LogP contribution is 2.20. The fourth-order valence-electron chi connectivity index (χ4n) is 1.76. The van der Waals surface area contributed by atoms with E-state index in [9.17, 15) is 14.0 Å². The van der Waals surface area contributed by atoms with Crippen molar-refractivity contribution in [3.05, 3.63) is 63.9 Å². The van der Waals surface area contributed by atoms with Gasteiger partial charge >= 0.3 is 5.97 Å². The van der Waals surface area contributed by atoms with E-state index in [-0.39, 0.29) is 21.3 Å². The highest BCUT2D eigenvalue weighted by Gasteiger charge is 2.19. The molecule has 1 N–H and O–H groups in total. The van der Waals surface area contributed by atoms with Gasteiger partial charge in [0, 0.05) is 15.7 Å². The molecule has 0 bridgehead atoms. The smallest absolute Gasteiger partial charge is 0.339 e. The summed E-state index contributed by atoms with van der Waals surface area (Å²) in [5, 5.41) is 3.01. The number of halogens is 3. The molecule has 0 aliphatic heterocycles. The summed E-state index contributed by atoms with van der Waals surface area (Å²) in [6.07, 6.45) is -1.08. The zero-order valence-electron chi connectivity index (χ0n) is 12.0. The Bertz CT molecular complexity index is 732. The number of ether oxygens (including phenoxy) is 1. The third-order valence-corrected chi connectivity index (χ3v) is 3.28. The minimum Gasteiger partial charge on any atom is -0.449 e. The Morgan fingerprint density at radius 2 is 1.78 bits per heavy atom. The maximum absolute atomic E-state index is 13.1. The number of carbonyl (C=O) groups excluding carboxylic acids is 2. The molecule has 0 saturated carbocycles. The minimum atomic E-state index is -1.08. The van der Waals surface area contributed by atoms with Crippen molar-refractivity contribution in [1.82, 2.24) is 0 Å². The third kappa shape index (κ3) is 4.94. The molecule has 0 aromatic heterocycles. The van der Waals surface area contributed by atoms with E-state index in [0.717, 1.165) is 6.07 Å². The quantitative estimate of drug-likeness (QED) is 0.831. The van der Waals surface area contributed by atoms with Gasteiger partial charge in [0.1, 0.15) is 5.82 Å². The number of anilines is 1. The normalized spacial score (nSPS) is 11.7. The summed E-state index contributed by atoms with van der Waals surface area (Å²) < 4.78 is 18.1. The summed E-state index contributed by atoms with van der Waals surface area (Å²) in [4.78, 5) is 24.0. The van der Waals surface area contributed by atoms with E-state index in [1.54, 1.807) is 0 Å². The monoisotopic (exact) mass is 355 g/mol. The Morgan fingerprint density at radius 3 is 2.39 bits per heavy atom. The predicted octanol–water partition coefficient (Wildman–Crippen LogP) is 4.32. The number of benzene rings is 2. The first-order valence-electron chi connectivity index (χ1n) is 6.58. The lowest BCUT2D eigenvalue weighted by molar-refractivity contribution is -0.123. The molecule has 120 valence electrons. The summed E-state index contributed by atoms with van der Waals surface area (Å²) in [6, 6.07) is 9.62. The molecule has 23 heavy (non-hydrogen) atoms. The first kappa shape index (κ1) is 17.2. The van der Waals surface area contributed by atoms with Crippen LogP contribution in [0.2, 0.25) is 10.0 Å². The van der Waals surface area contributed by atoms with Crippen molar-refractivity contribution in [2.45, 2.75) is 13.0 Å². The lowest BCUT2D eigenvalue weighted by Gasteiger charge is -2.14. The highest BCUT2D eigenvalue weighted by atomic mass is 35.5. The number of nitrogens with one attached hydrogen (secondary N) is 1. The van der Waals surface area contributed by atoms with Gasteiger partial charge < -0.3 is 10.1 Å². The molecule has 2 aromatic carbocycles. The molecule has 1 unspecified atom stereocenters. The largest absolute Gasteiger partial charge is 0.449 e. The van der Waals surface area contributed by atoms with Crippen LogP contribution in [-0.4, -0.2) is 18.0 Å². The van der Waals surface area contributed by atoms with Crippen molar-refractivity contribution in [2.75, 3.05) is 5.32 Å². The summed E-state index contributed by atoms with van der Waals surface area (Å²) in [6.45, 7) is 1.40. The van der Waals surface area contributed by atoms with E-state index in [1.165, 1.54) is 43.3 Å². The SMILES string of the molecule is CC(OC(=O)c1cc(Cl)cc(Cl)c1)C(=O)Nc1cccc(F)c1. The molecule has 0 heterocycles. The van der Waals surface area contributed by atoms with Crippen LogP contribution in [0.25, 0.3) is 0 Å².